The Bertz CT molecular complexity index is 210. The SMILES string of the molecule is CCN(CC)C(=O)CN(C)C[C@H]1CCCN1. The zero-order valence-electron chi connectivity index (χ0n) is 10.8. The van der Waals surface area contributed by atoms with Gasteiger partial charge >= 0.3 is 0 Å². The van der Waals surface area contributed by atoms with Crippen LogP contribution in [0.4, 0.5) is 0 Å². The van der Waals surface area contributed by atoms with Crippen LogP contribution in [0.25, 0.3) is 0 Å². The number of rotatable bonds is 6. The molecule has 1 rings (SSSR count). The average molecular weight is 227 g/mol. The minimum atomic E-state index is 0.241. The molecule has 0 saturated carbocycles. The second-order valence-corrected chi connectivity index (χ2v) is 4.56. The van der Waals surface area contributed by atoms with Crippen LogP contribution in [-0.4, -0.2) is 61.5 Å². The lowest BCUT2D eigenvalue weighted by molar-refractivity contribution is -0.131. The second kappa shape index (κ2) is 6.86. The highest BCUT2D eigenvalue weighted by atomic mass is 16.2. The van der Waals surface area contributed by atoms with E-state index in [0.29, 0.717) is 12.6 Å². The second-order valence-electron chi connectivity index (χ2n) is 4.56. The zero-order chi connectivity index (χ0) is 12.0. The maximum absolute atomic E-state index is 11.9. The van der Waals surface area contributed by atoms with Crippen LogP contribution < -0.4 is 5.32 Å². The summed E-state index contributed by atoms with van der Waals surface area (Å²) in [6, 6.07) is 0.578. The van der Waals surface area contributed by atoms with Gasteiger partial charge in [0.05, 0.1) is 6.54 Å². The van der Waals surface area contributed by atoms with E-state index >= 15 is 0 Å². The van der Waals surface area contributed by atoms with Crippen molar-refractivity contribution < 1.29 is 4.79 Å². The maximum atomic E-state index is 11.9. The first kappa shape index (κ1) is 13.5. The Morgan fingerprint density at radius 3 is 2.56 bits per heavy atom. The van der Waals surface area contributed by atoms with Gasteiger partial charge in [-0.2, -0.15) is 0 Å². The normalized spacial score (nSPS) is 20.4. The van der Waals surface area contributed by atoms with Crippen LogP contribution in [0.1, 0.15) is 26.7 Å². The summed E-state index contributed by atoms with van der Waals surface area (Å²) in [6.07, 6.45) is 2.51. The monoisotopic (exact) mass is 227 g/mol. The number of hydrogen-bond acceptors (Lipinski definition) is 3. The summed E-state index contributed by atoms with van der Waals surface area (Å²) in [5.41, 5.74) is 0. The standard InChI is InChI=1S/C12H25N3O/c1-4-15(5-2)12(16)10-14(3)9-11-7-6-8-13-11/h11,13H,4-10H2,1-3H3/t11-/m1/s1. The molecule has 1 aliphatic rings. The van der Waals surface area contributed by atoms with Gasteiger partial charge in [0.1, 0.15) is 0 Å². The summed E-state index contributed by atoms with van der Waals surface area (Å²) < 4.78 is 0. The molecule has 0 aromatic heterocycles. The zero-order valence-corrected chi connectivity index (χ0v) is 10.8. The van der Waals surface area contributed by atoms with Crippen LogP contribution in [0.3, 0.4) is 0 Å². The van der Waals surface area contributed by atoms with E-state index in [9.17, 15) is 4.79 Å². The molecule has 16 heavy (non-hydrogen) atoms. The van der Waals surface area contributed by atoms with Gasteiger partial charge in [-0.15, -0.1) is 0 Å². The first-order valence-corrected chi connectivity index (χ1v) is 6.37. The molecule has 0 unspecified atom stereocenters. The third-order valence-corrected chi connectivity index (χ3v) is 3.22. The van der Waals surface area contributed by atoms with Crippen LogP contribution in [0.15, 0.2) is 0 Å². The van der Waals surface area contributed by atoms with Gasteiger partial charge < -0.3 is 10.2 Å². The molecule has 1 heterocycles. The van der Waals surface area contributed by atoms with Crippen LogP contribution >= 0.6 is 0 Å². The molecular formula is C12H25N3O. The minimum absolute atomic E-state index is 0.241. The Labute approximate surface area is 99.0 Å². The summed E-state index contributed by atoms with van der Waals surface area (Å²) >= 11 is 0. The molecule has 94 valence electrons. The van der Waals surface area contributed by atoms with Gasteiger partial charge in [0.15, 0.2) is 0 Å². The van der Waals surface area contributed by atoms with E-state index in [1.807, 2.05) is 25.8 Å². The molecule has 0 aromatic rings. The molecule has 4 nitrogen and oxygen atoms in total. The van der Waals surface area contributed by atoms with Crippen molar-refractivity contribution >= 4 is 5.91 Å². The summed E-state index contributed by atoms with van der Waals surface area (Å²) in [5, 5.41) is 3.45. The smallest absolute Gasteiger partial charge is 0.236 e. The molecule has 0 aliphatic carbocycles. The van der Waals surface area contributed by atoms with Gasteiger partial charge in [-0.3, -0.25) is 9.69 Å². The molecule has 0 radical (unpaired) electrons. The van der Waals surface area contributed by atoms with Crippen molar-refractivity contribution in [1.29, 1.82) is 0 Å². The van der Waals surface area contributed by atoms with Crippen molar-refractivity contribution in [2.45, 2.75) is 32.7 Å². The Hall–Kier alpha value is -0.610. The molecule has 0 spiro atoms. The minimum Gasteiger partial charge on any atom is -0.342 e. The van der Waals surface area contributed by atoms with Gasteiger partial charge in [-0.1, -0.05) is 0 Å². The molecule has 1 atom stereocenters. The number of likely N-dealkylation sites (N-methyl/N-ethyl adjacent to an activating group) is 2. The van der Waals surface area contributed by atoms with Crippen LogP contribution in [0.2, 0.25) is 0 Å². The van der Waals surface area contributed by atoms with Crippen molar-refractivity contribution in [3.63, 3.8) is 0 Å². The number of carbonyl (C=O) groups excluding carboxylic acids is 1. The summed E-state index contributed by atoms with van der Waals surface area (Å²) in [5.74, 6) is 0.241. The van der Waals surface area contributed by atoms with Crippen molar-refractivity contribution in [2.75, 3.05) is 39.8 Å². The van der Waals surface area contributed by atoms with E-state index in [2.05, 4.69) is 10.2 Å². The summed E-state index contributed by atoms with van der Waals surface area (Å²) in [7, 11) is 2.03. The summed E-state index contributed by atoms with van der Waals surface area (Å²) in [6.45, 7) is 8.32. The fourth-order valence-electron chi connectivity index (χ4n) is 2.26. The van der Waals surface area contributed by atoms with Crippen molar-refractivity contribution in [2.24, 2.45) is 0 Å². The van der Waals surface area contributed by atoms with Crippen LogP contribution in [-0.2, 0) is 4.79 Å². The first-order valence-electron chi connectivity index (χ1n) is 6.37. The predicted molar refractivity (Wildman–Crippen MR) is 66.4 cm³/mol. The number of nitrogens with zero attached hydrogens (tertiary/aromatic N) is 2. The molecular weight excluding hydrogens is 202 g/mol. The Morgan fingerprint density at radius 1 is 1.38 bits per heavy atom. The lowest BCUT2D eigenvalue weighted by Crippen LogP contribution is -2.42. The number of amides is 1. The highest BCUT2D eigenvalue weighted by Gasteiger charge is 2.18. The van der Waals surface area contributed by atoms with Crippen molar-refractivity contribution in [1.82, 2.24) is 15.1 Å². The highest BCUT2D eigenvalue weighted by Crippen LogP contribution is 2.06. The Kier molecular flexibility index (Phi) is 5.77. The van der Waals surface area contributed by atoms with Gasteiger partial charge in [0.2, 0.25) is 5.91 Å². The molecule has 0 aromatic carbocycles. The van der Waals surface area contributed by atoms with Gasteiger partial charge in [-0.05, 0) is 40.3 Å². The predicted octanol–water partition coefficient (Wildman–Crippen LogP) is 0.539. The largest absolute Gasteiger partial charge is 0.342 e. The molecule has 1 N–H and O–H groups in total. The van der Waals surface area contributed by atoms with E-state index in [4.69, 9.17) is 0 Å². The van der Waals surface area contributed by atoms with Crippen molar-refractivity contribution in [3.05, 3.63) is 0 Å². The molecule has 0 bridgehead atoms. The van der Waals surface area contributed by atoms with E-state index < -0.39 is 0 Å². The van der Waals surface area contributed by atoms with E-state index in [1.165, 1.54) is 12.8 Å². The number of carbonyl (C=O) groups is 1. The van der Waals surface area contributed by atoms with Crippen LogP contribution in [0, 0.1) is 0 Å². The third-order valence-electron chi connectivity index (χ3n) is 3.22. The first-order chi connectivity index (χ1) is 7.67. The van der Waals surface area contributed by atoms with Gasteiger partial charge in [0.25, 0.3) is 0 Å². The fourth-order valence-corrected chi connectivity index (χ4v) is 2.26. The van der Waals surface area contributed by atoms with Crippen LogP contribution in [0.5, 0.6) is 0 Å². The maximum Gasteiger partial charge on any atom is 0.236 e. The number of hydrogen-bond donors (Lipinski definition) is 1. The topological polar surface area (TPSA) is 35.6 Å². The number of nitrogens with one attached hydrogen (secondary N) is 1. The van der Waals surface area contributed by atoms with Gasteiger partial charge in [0, 0.05) is 25.7 Å². The molecule has 1 amide bonds. The summed E-state index contributed by atoms with van der Waals surface area (Å²) in [4.78, 5) is 15.9. The van der Waals surface area contributed by atoms with Crippen molar-refractivity contribution in [3.8, 4) is 0 Å². The fraction of sp³-hybridized carbons (Fsp3) is 0.917. The Morgan fingerprint density at radius 2 is 2.06 bits per heavy atom. The molecule has 1 aliphatic heterocycles. The van der Waals surface area contributed by atoms with Gasteiger partial charge in [-0.25, -0.2) is 0 Å². The Balaban J connectivity index is 2.26. The lowest BCUT2D eigenvalue weighted by atomic mass is 10.2. The molecule has 4 heteroatoms. The molecule has 1 fully saturated rings. The average Bonchev–Trinajstić information content (AvgIpc) is 2.71. The third kappa shape index (κ3) is 4.10. The van der Waals surface area contributed by atoms with E-state index in [0.717, 1.165) is 26.2 Å². The van der Waals surface area contributed by atoms with E-state index in [-0.39, 0.29) is 5.91 Å². The quantitative estimate of drug-likeness (QED) is 0.719. The lowest BCUT2D eigenvalue weighted by Gasteiger charge is -2.24. The van der Waals surface area contributed by atoms with E-state index in [1.54, 1.807) is 0 Å². The highest BCUT2D eigenvalue weighted by molar-refractivity contribution is 5.78. The molecule has 1 saturated heterocycles.